The van der Waals surface area contributed by atoms with Crippen molar-refractivity contribution < 1.29 is 16.8 Å². The molecule has 0 atom stereocenters. The molecule has 0 bridgehead atoms. The third kappa shape index (κ3) is 6.29. The van der Waals surface area contributed by atoms with E-state index in [9.17, 15) is 16.8 Å². The molecule has 0 fully saturated rings. The number of fused-ring (bicyclic) bond motifs is 1. The van der Waals surface area contributed by atoms with Crippen LogP contribution in [0.3, 0.4) is 0 Å². The highest BCUT2D eigenvalue weighted by Gasteiger charge is 2.24. The van der Waals surface area contributed by atoms with Gasteiger partial charge in [-0.05, 0) is 68.8 Å². The molecule has 0 aliphatic heterocycles. The zero-order valence-electron chi connectivity index (χ0n) is 24.8. The van der Waals surface area contributed by atoms with Gasteiger partial charge in [0, 0.05) is 10.9 Å². The maximum Gasteiger partial charge on any atom is 0.261 e. The highest BCUT2D eigenvalue weighted by Crippen LogP contribution is 2.38. The van der Waals surface area contributed by atoms with Crippen LogP contribution in [0.15, 0.2) is 125 Å². The number of rotatable bonds is 8. The Hall–Kier alpha value is -5.06. The quantitative estimate of drug-likeness (QED) is 0.179. The summed E-state index contributed by atoms with van der Waals surface area (Å²) in [4.78, 5) is 9.92. The summed E-state index contributed by atoms with van der Waals surface area (Å²) in [5, 5.41) is 0.801. The second-order valence-electron chi connectivity index (χ2n) is 10.8. The zero-order chi connectivity index (χ0) is 31.8. The highest BCUT2D eigenvalue weighted by atomic mass is 32.2. The van der Waals surface area contributed by atoms with Gasteiger partial charge in [-0.25, -0.2) is 26.8 Å². The van der Waals surface area contributed by atoms with Crippen LogP contribution in [0.1, 0.15) is 16.7 Å². The first-order valence-electron chi connectivity index (χ1n) is 14.2. The molecule has 10 heteroatoms. The molecular formula is C35H30N4O4S2. The lowest BCUT2D eigenvalue weighted by atomic mass is 10.0. The summed E-state index contributed by atoms with van der Waals surface area (Å²) in [7, 11) is -8.14. The third-order valence-electron chi connectivity index (χ3n) is 7.34. The first kappa shape index (κ1) is 30.0. The van der Waals surface area contributed by atoms with E-state index in [0.29, 0.717) is 11.2 Å². The van der Waals surface area contributed by atoms with Crippen LogP contribution in [-0.2, 0) is 20.0 Å². The van der Waals surface area contributed by atoms with Crippen molar-refractivity contribution >= 4 is 42.3 Å². The Labute approximate surface area is 262 Å². The molecule has 6 rings (SSSR count). The number of sulfonamides is 2. The summed E-state index contributed by atoms with van der Waals surface area (Å²) >= 11 is 0. The van der Waals surface area contributed by atoms with Gasteiger partial charge in [-0.3, -0.25) is 9.44 Å². The standard InChI is InChI=1S/C35H30N4O4S2/c1-23-12-17-27(18-13-23)44(40,41)38-30-10-7-11-31(39-45(42,43)28-19-14-24(2)15-20-28)33(30)35-36-32-22-25(3)16-21-29(32)34(37-35)26-8-5-4-6-9-26/h4-22,38-39H,1-3H3. The van der Waals surface area contributed by atoms with Crippen molar-refractivity contribution in [2.45, 2.75) is 30.6 Å². The van der Waals surface area contributed by atoms with Crippen LogP contribution < -0.4 is 9.44 Å². The van der Waals surface area contributed by atoms with Crippen molar-refractivity contribution in [3.63, 3.8) is 0 Å². The molecule has 0 saturated carbocycles. The molecule has 5 aromatic carbocycles. The summed E-state index contributed by atoms with van der Waals surface area (Å²) < 4.78 is 59.7. The number of hydrogen-bond donors (Lipinski definition) is 2. The Morgan fingerprint density at radius 1 is 0.533 bits per heavy atom. The molecule has 2 N–H and O–H groups in total. The van der Waals surface area contributed by atoms with Crippen LogP contribution in [0.2, 0.25) is 0 Å². The lowest BCUT2D eigenvalue weighted by molar-refractivity contribution is 0.599. The average molecular weight is 635 g/mol. The normalized spacial score (nSPS) is 11.8. The number of nitrogens with zero attached hydrogens (tertiary/aromatic N) is 2. The smallest absolute Gasteiger partial charge is 0.261 e. The van der Waals surface area contributed by atoms with Gasteiger partial charge in [0.2, 0.25) is 0 Å². The molecule has 6 aromatic rings. The molecule has 0 amide bonds. The lowest BCUT2D eigenvalue weighted by Gasteiger charge is -2.18. The van der Waals surface area contributed by atoms with E-state index in [2.05, 4.69) is 9.44 Å². The van der Waals surface area contributed by atoms with Gasteiger partial charge in [-0.2, -0.15) is 0 Å². The predicted molar refractivity (Wildman–Crippen MR) is 179 cm³/mol. The van der Waals surface area contributed by atoms with E-state index in [1.54, 1.807) is 42.5 Å². The minimum absolute atomic E-state index is 0.0599. The van der Waals surface area contributed by atoms with E-state index in [4.69, 9.17) is 9.97 Å². The fourth-order valence-electron chi connectivity index (χ4n) is 4.97. The molecular weight excluding hydrogens is 605 g/mol. The Balaban J connectivity index is 1.59. The first-order valence-corrected chi connectivity index (χ1v) is 17.1. The van der Waals surface area contributed by atoms with Gasteiger partial charge < -0.3 is 0 Å². The fraction of sp³-hybridized carbons (Fsp3) is 0.0857. The lowest BCUT2D eigenvalue weighted by Crippen LogP contribution is -2.17. The van der Waals surface area contributed by atoms with Crippen LogP contribution in [0.25, 0.3) is 33.5 Å². The summed E-state index contributed by atoms with van der Waals surface area (Å²) in [6, 6.07) is 33.0. The maximum atomic E-state index is 13.6. The fourth-order valence-corrected chi connectivity index (χ4v) is 7.12. The molecule has 0 spiro atoms. The van der Waals surface area contributed by atoms with Crippen molar-refractivity contribution in [2.75, 3.05) is 9.44 Å². The first-order chi connectivity index (χ1) is 21.5. The van der Waals surface area contributed by atoms with Crippen molar-refractivity contribution in [1.29, 1.82) is 0 Å². The van der Waals surface area contributed by atoms with Gasteiger partial charge in [0.05, 0.1) is 37.9 Å². The second kappa shape index (κ2) is 11.8. The molecule has 0 radical (unpaired) electrons. The van der Waals surface area contributed by atoms with Crippen molar-refractivity contribution in [3.8, 4) is 22.6 Å². The van der Waals surface area contributed by atoms with Gasteiger partial charge >= 0.3 is 0 Å². The Kier molecular flexibility index (Phi) is 7.86. The van der Waals surface area contributed by atoms with Crippen LogP contribution >= 0.6 is 0 Å². The molecule has 1 heterocycles. The third-order valence-corrected chi connectivity index (χ3v) is 10.1. The van der Waals surface area contributed by atoms with Crippen LogP contribution in [0.4, 0.5) is 11.4 Å². The van der Waals surface area contributed by atoms with Crippen LogP contribution in [0, 0.1) is 20.8 Å². The monoisotopic (exact) mass is 634 g/mol. The molecule has 0 unspecified atom stereocenters. The highest BCUT2D eigenvalue weighted by molar-refractivity contribution is 7.93. The van der Waals surface area contributed by atoms with Crippen LogP contribution in [-0.4, -0.2) is 26.8 Å². The Morgan fingerprint density at radius 3 is 1.58 bits per heavy atom. The Bertz CT molecular complexity index is 2160. The molecule has 0 aliphatic rings. The summed E-state index contributed by atoms with van der Waals surface area (Å²) in [5.74, 6) is 0.149. The SMILES string of the molecule is Cc1ccc(S(=O)(=O)Nc2cccc(NS(=O)(=O)c3ccc(C)cc3)c2-c2nc(-c3ccccc3)c3ccc(C)cc3n2)cc1. The van der Waals surface area contributed by atoms with Crippen molar-refractivity contribution in [2.24, 2.45) is 0 Å². The van der Waals surface area contributed by atoms with Crippen molar-refractivity contribution in [1.82, 2.24) is 9.97 Å². The number of anilines is 2. The molecule has 0 aliphatic carbocycles. The molecule has 8 nitrogen and oxygen atoms in total. The molecule has 0 saturated heterocycles. The van der Waals surface area contributed by atoms with E-state index in [1.165, 1.54) is 24.3 Å². The van der Waals surface area contributed by atoms with E-state index in [0.717, 1.165) is 27.6 Å². The van der Waals surface area contributed by atoms with Gasteiger partial charge in [0.15, 0.2) is 5.82 Å². The molecule has 226 valence electrons. The predicted octanol–water partition coefficient (Wildman–Crippen LogP) is 7.49. The van der Waals surface area contributed by atoms with Gasteiger partial charge in [0.25, 0.3) is 20.0 Å². The maximum absolute atomic E-state index is 13.6. The molecule has 1 aromatic heterocycles. The van der Waals surface area contributed by atoms with E-state index < -0.39 is 20.0 Å². The minimum Gasteiger partial charge on any atom is -0.279 e. The average Bonchev–Trinajstić information content (AvgIpc) is 3.01. The van der Waals surface area contributed by atoms with Gasteiger partial charge in [0.1, 0.15) is 0 Å². The van der Waals surface area contributed by atoms with E-state index in [-0.39, 0.29) is 32.6 Å². The number of hydrogen-bond acceptors (Lipinski definition) is 6. The van der Waals surface area contributed by atoms with Crippen LogP contribution in [0.5, 0.6) is 0 Å². The minimum atomic E-state index is -4.07. The van der Waals surface area contributed by atoms with E-state index >= 15 is 0 Å². The molecule has 45 heavy (non-hydrogen) atoms. The summed E-state index contributed by atoms with van der Waals surface area (Å²) in [6.07, 6.45) is 0. The number of nitrogens with one attached hydrogen (secondary N) is 2. The number of aromatic nitrogens is 2. The van der Waals surface area contributed by atoms with E-state index in [1.807, 2.05) is 69.3 Å². The zero-order valence-corrected chi connectivity index (χ0v) is 26.4. The Morgan fingerprint density at radius 2 is 1.04 bits per heavy atom. The largest absolute Gasteiger partial charge is 0.279 e. The van der Waals surface area contributed by atoms with Crippen molar-refractivity contribution in [3.05, 3.63) is 132 Å². The van der Waals surface area contributed by atoms with Gasteiger partial charge in [-0.15, -0.1) is 0 Å². The number of aryl methyl sites for hydroxylation is 3. The van der Waals surface area contributed by atoms with Gasteiger partial charge in [-0.1, -0.05) is 83.9 Å². The topological polar surface area (TPSA) is 118 Å². The number of benzene rings is 5. The summed E-state index contributed by atoms with van der Waals surface area (Å²) in [5.41, 5.74) is 5.29. The summed E-state index contributed by atoms with van der Waals surface area (Å²) in [6.45, 7) is 5.69. The second-order valence-corrected chi connectivity index (χ2v) is 14.2.